The van der Waals surface area contributed by atoms with Crippen molar-refractivity contribution < 1.29 is 14.3 Å². The largest absolute Gasteiger partial charge is 0.381 e. The molecule has 5 nitrogen and oxygen atoms in total. The van der Waals surface area contributed by atoms with Crippen LogP contribution in [0.3, 0.4) is 0 Å². The van der Waals surface area contributed by atoms with Crippen molar-refractivity contribution in [2.75, 3.05) is 39.5 Å². The number of hydrogen-bond donors (Lipinski definition) is 0. The Hall–Kier alpha value is -2.76. The fraction of sp³-hybridized carbons (Fsp3) is 0.429. The summed E-state index contributed by atoms with van der Waals surface area (Å²) in [5, 5.41) is 1.15. The summed E-state index contributed by atoms with van der Waals surface area (Å²) in [4.78, 5) is 20.8. The van der Waals surface area contributed by atoms with Crippen molar-refractivity contribution in [3.63, 3.8) is 0 Å². The molecule has 5 heteroatoms. The second-order valence-corrected chi connectivity index (χ2v) is 9.49. The Morgan fingerprint density at radius 3 is 2.67 bits per heavy atom. The molecule has 33 heavy (non-hydrogen) atoms. The van der Waals surface area contributed by atoms with Crippen molar-refractivity contribution in [2.45, 2.75) is 31.6 Å². The minimum Gasteiger partial charge on any atom is -0.381 e. The zero-order chi connectivity index (χ0) is 22.7. The smallest absolute Gasteiger partial charge is 0.233 e. The number of benzene rings is 2. The summed E-state index contributed by atoms with van der Waals surface area (Å²) in [6.07, 6.45) is 4.27. The first-order chi connectivity index (χ1) is 16.1. The fourth-order valence-corrected chi connectivity index (χ4v) is 5.27. The molecular formula is C28H32N2O3. The summed E-state index contributed by atoms with van der Waals surface area (Å²) < 4.78 is 11.6. The molecule has 1 unspecified atom stereocenters. The van der Waals surface area contributed by atoms with Gasteiger partial charge >= 0.3 is 0 Å². The van der Waals surface area contributed by atoms with E-state index in [4.69, 9.17) is 9.47 Å². The van der Waals surface area contributed by atoms with Crippen LogP contribution in [0.4, 0.5) is 0 Å². The fourth-order valence-electron chi connectivity index (χ4n) is 5.27. The van der Waals surface area contributed by atoms with Gasteiger partial charge < -0.3 is 14.4 Å². The van der Waals surface area contributed by atoms with Gasteiger partial charge in [-0.15, -0.1) is 0 Å². The third-order valence-electron chi connectivity index (χ3n) is 7.16. The molecule has 2 fully saturated rings. The molecule has 0 spiro atoms. The van der Waals surface area contributed by atoms with Crippen molar-refractivity contribution in [2.24, 2.45) is 5.92 Å². The molecule has 1 atom stereocenters. The summed E-state index contributed by atoms with van der Waals surface area (Å²) >= 11 is 0. The second kappa shape index (κ2) is 9.62. The van der Waals surface area contributed by atoms with Crippen LogP contribution in [0.2, 0.25) is 0 Å². The van der Waals surface area contributed by atoms with Crippen molar-refractivity contribution in [1.82, 2.24) is 9.88 Å². The van der Waals surface area contributed by atoms with Crippen LogP contribution in [0, 0.1) is 12.8 Å². The molecule has 2 aromatic carbocycles. The lowest BCUT2D eigenvalue weighted by Gasteiger charge is -2.40. The van der Waals surface area contributed by atoms with Gasteiger partial charge in [-0.25, -0.2) is 0 Å². The molecule has 2 saturated heterocycles. The van der Waals surface area contributed by atoms with Gasteiger partial charge in [0.15, 0.2) is 0 Å². The summed E-state index contributed by atoms with van der Waals surface area (Å²) in [5.74, 6) is 0.469. The standard InChI is InChI=1S/C28H32N2O3/c1-21-6-8-25(9-7-21)28(10-13-32-14-11-28)27(31)30-12-15-33-20-23(19-30)16-22-17-24-4-2-3-5-26(24)29-18-22/h2-9,17-18,23H,10-16,19-20H2,1H3. The highest BCUT2D eigenvalue weighted by Crippen LogP contribution is 2.37. The predicted octanol–water partition coefficient (Wildman–Crippen LogP) is 4.31. The third kappa shape index (κ3) is 4.66. The van der Waals surface area contributed by atoms with Crippen LogP contribution < -0.4 is 0 Å². The number of rotatable bonds is 4. The Balaban J connectivity index is 1.37. The van der Waals surface area contributed by atoms with E-state index < -0.39 is 5.41 Å². The Morgan fingerprint density at radius 1 is 1.06 bits per heavy atom. The van der Waals surface area contributed by atoms with Gasteiger partial charge in [0, 0.05) is 43.8 Å². The SMILES string of the molecule is Cc1ccc(C2(C(=O)N3CCOCC(Cc4cnc5ccccc5c4)C3)CCOCC2)cc1. The average Bonchev–Trinajstić information content (AvgIpc) is 3.10. The van der Waals surface area contributed by atoms with Crippen LogP contribution in [-0.4, -0.2) is 55.3 Å². The Morgan fingerprint density at radius 2 is 1.85 bits per heavy atom. The number of carbonyl (C=O) groups excluding carboxylic acids is 1. The van der Waals surface area contributed by atoms with Crippen LogP contribution in [0.15, 0.2) is 60.8 Å². The first-order valence-corrected chi connectivity index (χ1v) is 12.0. The lowest BCUT2D eigenvalue weighted by Crippen LogP contribution is -2.51. The third-order valence-corrected chi connectivity index (χ3v) is 7.16. The number of fused-ring (bicyclic) bond motifs is 1. The number of aryl methyl sites for hydroxylation is 1. The Kier molecular flexibility index (Phi) is 6.43. The highest BCUT2D eigenvalue weighted by Gasteiger charge is 2.44. The second-order valence-electron chi connectivity index (χ2n) is 9.49. The molecule has 0 radical (unpaired) electrons. The summed E-state index contributed by atoms with van der Waals surface area (Å²) in [6, 6.07) is 18.9. The van der Waals surface area contributed by atoms with E-state index in [1.807, 2.05) is 24.4 Å². The molecule has 172 valence electrons. The molecule has 3 aromatic rings. The van der Waals surface area contributed by atoms with Gasteiger partial charge in [0.2, 0.25) is 5.91 Å². The van der Waals surface area contributed by atoms with Crippen LogP contribution in [-0.2, 0) is 26.1 Å². The van der Waals surface area contributed by atoms with Crippen molar-refractivity contribution in [3.05, 3.63) is 77.5 Å². The number of hydrogen-bond acceptors (Lipinski definition) is 4. The highest BCUT2D eigenvalue weighted by molar-refractivity contribution is 5.88. The van der Waals surface area contributed by atoms with E-state index in [0.29, 0.717) is 39.5 Å². The van der Waals surface area contributed by atoms with Gasteiger partial charge in [-0.3, -0.25) is 9.78 Å². The van der Waals surface area contributed by atoms with E-state index >= 15 is 0 Å². The summed E-state index contributed by atoms with van der Waals surface area (Å²) in [6.45, 7) is 5.92. The quantitative estimate of drug-likeness (QED) is 0.602. The van der Waals surface area contributed by atoms with Gasteiger partial charge in [-0.2, -0.15) is 0 Å². The van der Waals surface area contributed by atoms with Gasteiger partial charge in [0.05, 0.1) is 24.1 Å². The number of aromatic nitrogens is 1. The molecular weight excluding hydrogens is 412 g/mol. The molecule has 0 bridgehead atoms. The van der Waals surface area contributed by atoms with E-state index in [0.717, 1.165) is 35.7 Å². The topological polar surface area (TPSA) is 51.7 Å². The zero-order valence-corrected chi connectivity index (χ0v) is 19.3. The summed E-state index contributed by atoms with van der Waals surface area (Å²) in [5.41, 5.74) is 4.01. The molecule has 2 aliphatic heterocycles. The van der Waals surface area contributed by atoms with Crippen molar-refractivity contribution in [1.29, 1.82) is 0 Å². The van der Waals surface area contributed by atoms with E-state index in [1.54, 1.807) is 0 Å². The summed E-state index contributed by atoms with van der Waals surface area (Å²) in [7, 11) is 0. The maximum atomic E-state index is 14.1. The maximum absolute atomic E-state index is 14.1. The normalized spacial score (nSPS) is 21.0. The lowest BCUT2D eigenvalue weighted by molar-refractivity contribution is -0.141. The first-order valence-electron chi connectivity index (χ1n) is 12.0. The van der Waals surface area contributed by atoms with Crippen LogP contribution >= 0.6 is 0 Å². The van der Waals surface area contributed by atoms with Crippen molar-refractivity contribution in [3.8, 4) is 0 Å². The number of pyridine rings is 1. The Bertz CT molecular complexity index is 1110. The monoisotopic (exact) mass is 444 g/mol. The zero-order valence-electron chi connectivity index (χ0n) is 19.3. The molecule has 2 aliphatic rings. The number of ether oxygens (including phenoxy) is 2. The minimum absolute atomic E-state index is 0.224. The number of para-hydroxylation sites is 1. The number of carbonyl (C=O) groups is 1. The first kappa shape index (κ1) is 22.1. The van der Waals surface area contributed by atoms with E-state index in [9.17, 15) is 4.79 Å². The van der Waals surface area contributed by atoms with Crippen LogP contribution in [0.1, 0.15) is 29.5 Å². The van der Waals surface area contributed by atoms with Gasteiger partial charge in [-0.05, 0) is 49.4 Å². The molecule has 5 rings (SSSR count). The molecule has 1 aromatic heterocycles. The average molecular weight is 445 g/mol. The maximum Gasteiger partial charge on any atom is 0.233 e. The van der Waals surface area contributed by atoms with E-state index in [2.05, 4.69) is 53.2 Å². The molecule has 0 N–H and O–H groups in total. The van der Waals surface area contributed by atoms with Crippen molar-refractivity contribution >= 4 is 16.8 Å². The molecule has 0 aliphatic carbocycles. The highest BCUT2D eigenvalue weighted by atomic mass is 16.5. The molecule has 0 saturated carbocycles. The number of amides is 1. The van der Waals surface area contributed by atoms with Gasteiger partial charge in [0.1, 0.15) is 0 Å². The minimum atomic E-state index is -0.509. The van der Waals surface area contributed by atoms with Crippen LogP contribution in [0.5, 0.6) is 0 Å². The molecule has 3 heterocycles. The Labute approximate surface area is 195 Å². The van der Waals surface area contributed by atoms with E-state index in [-0.39, 0.29) is 11.8 Å². The number of nitrogens with zero attached hydrogens (tertiary/aromatic N) is 2. The predicted molar refractivity (Wildman–Crippen MR) is 129 cm³/mol. The van der Waals surface area contributed by atoms with Gasteiger partial charge in [0.25, 0.3) is 0 Å². The van der Waals surface area contributed by atoms with E-state index in [1.165, 1.54) is 11.1 Å². The van der Waals surface area contributed by atoms with Crippen LogP contribution in [0.25, 0.3) is 10.9 Å². The molecule has 1 amide bonds. The lowest BCUT2D eigenvalue weighted by atomic mass is 9.72. The van der Waals surface area contributed by atoms with Gasteiger partial charge in [-0.1, -0.05) is 48.0 Å².